The number of fused-ring (bicyclic) bond motifs is 1. The number of hydrogen-bond acceptors (Lipinski definition) is 1. The van der Waals surface area contributed by atoms with Crippen molar-refractivity contribution in [2.75, 3.05) is 11.9 Å². The monoisotopic (exact) mass is 249 g/mol. The molecule has 1 unspecified atom stereocenters. The summed E-state index contributed by atoms with van der Waals surface area (Å²) in [5, 5.41) is 0. The number of para-hydroxylation sites is 1. The molecule has 0 spiro atoms. The van der Waals surface area contributed by atoms with Crippen LogP contribution in [0.4, 0.5) is 5.69 Å². The van der Waals surface area contributed by atoms with E-state index < -0.39 is 0 Å². The predicted molar refractivity (Wildman–Crippen MR) is 82.3 cm³/mol. The maximum Gasteiger partial charge on any atom is 0.0542 e. The van der Waals surface area contributed by atoms with Gasteiger partial charge < -0.3 is 4.90 Å². The highest BCUT2D eigenvalue weighted by Crippen LogP contribution is 2.33. The van der Waals surface area contributed by atoms with Gasteiger partial charge in [0.05, 0.1) is 6.04 Å². The molecule has 1 aliphatic heterocycles. The first-order chi connectivity index (χ1) is 9.36. The minimum Gasteiger partial charge on any atom is -0.367 e. The van der Waals surface area contributed by atoms with Gasteiger partial charge in [-0.05, 0) is 30.0 Å². The molecular formula is C18H19N. The number of hydrogen-bond donors (Lipinski definition) is 0. The Kier molecular flexibility index (Phi) is 3.37. The Labute approximate surface area is 115 Å². The Bertz CT molecular complexity index is 571. The van der Waals surface area contributed by atoms with E-state index >= 15 is 0 Å². The fraction of sp³-hybridized carbons (Fsp3) is 0.222. The summed E-state index contributed by atoms with van der Waals surface area (Å²) in [7, 11) is 2.20. The number of benzene rings is 2. The molecule has 0 fully saturated rings. The Morgan fingerprint density at radius 2 is 1.68 bits per heavy atom. The van der Waals surface area contributed by atoms with Crippen molar-refractivity contribution in [3.05, 3.63) is 71.8 Å². The molecule has 1 aliphatic rings. The third-order valence-corrected chi connectivity index (χ3v) is 3.87. The Morgan fingerprint density at radius 1 is 0.947 bits per heavy atom. The number of nitrogens with zero attached hydrogens (tertiary/aromatic N) is 1. The van der Waals surface area contributed by atoms with Crippen LogP contribution in [0, 0.1) is 0 Å². The van der Waals surface area contributed by atoms with Gasteiger partial charge in [-0.2, -0.15) is 0 Å². The molecule has 1 heterocycles. The molecule has 0 saturated carbocycles. The molecule has 0 amide bonds. The molecule has 0 aromatic heterocycles. The molecule has 0 saturated heterocycles. The smallest absolute Gasteiger partial charge is 0.0542 e. The predicted octanol–water partition coefficient (Wildman–Crippen LogP) is 4.67. The number of anilines is 1. The number of allylic oxidation sites excluding steroid dienone is 1. The van der Waals surface area contributed by atoms with Gasteiger partial charge in [0.15, 0.2) is 0 Å². The molecule has 1 heteroatoms. The summed E-state index contributed by atoms with van der Waals surface area (Å²) < 4.78 is 0. The molecule has 0 aliphatic carbocycles. The fourth-order valence-electron chi connectivity index (χ4n) is 2.84. The van der Waals surface area contributed by atoms with Crippen LogP contribution >= 0.6 is 0 Å². The zero-order valence-corrected chi connectivity index (χ0v) is 11.3. The molecule has 1 nitrogen and oxygen atoms in total. The molecule has 1 atom stereocenters. The van der Waals surface area contributed by atoms with Crippen molar-refractivity contribution in [3.63, 3.8) is 0 Å². The molecular weight excluding hydrogens is 230 g/mol. The van der Waals surface area contributed by atoms with Crippen molar-refractivity contribution in [2.45, 2.75) is 18.9 Å². The highest BCUT2D eigenvalue weighted by Gasteiger charge is 2.19. The Hall–Kier alpha value is -2.02. The van der Waals surface area contributed by atoms with Gasteiger partial charge in [-0.3, -0.25) is 0 Å². The quantitative estimate of drug-likeness (QED) is 0.710. The van der Waals surface area contributed by atoms with E-state index in [0.29, 0.717) is 6.04 Å². The van der Waals surface area contributed by atoms with E-state index in [2.05, 4.69) is 78.7 Å². The molecule has 2 aromatic carbocycles. The topological polar surface area (TPSA) is 3.24 Å². The molecule has 0 N–H and O–H groups in total. The SMILES string of the molecule is CN1c2ccccc2/C=C\CCC1c1ccccc1. The van der Waals surface area contributed by atoms with Crippen LogP contribution < -0.4 is 4.90 Å². The van der Waals surface area contributed by atoms with Crippen LogP contribution in [-0.4, -0.2) is 7.05 Å². The summed E-state index contributed by atoms with van der Waals surface area (Å²) >= 11 is 0. The van der Waals surface area contributed by atoms with Gasteiger partial charge in [0.1, 0.15) is 0 Å². The van der Waals surface area contributed by atoms with Gasteiger partial charge in [-0.25, -0.2) is 0 Å². The van der Waals surface area contributed by atoms with Crippen molar-refractivity contribution in [3.8, 4) is 0 Å². The van der Waals surface area contributed by atoms with Gasteiger partial charge in [-0.1, -0.05) is 60.7 Å². The lowest BCUT2D eigenvalue weighted by molar-refractivity contribution is 0.617. The highest BCUT2D eigenvalue weighted by atomic mass is 15.1. The van der Waals surface area contributed by atoms with Crippen molar-refractivity contribution in [2.24, 2.45) is 0 Å². The molecule has 96 valence electrons. The van der Waals surface area contributed by atoms with Crippen LogP contribution in [0.1, 0.15) is 30.0 Å². The van der Waals surface area contributed by atoms with E-state index in [1.807, 2.05) is 0 Å². The van der Waals surface area contributed by atoms with Crippen LogP contribution in [0.25, 0.3) is 6.08 Å². The zero-order chi connectivity index (χ0) is 13.1. The third kappa shape index (κ3) is 2.41. The summed E-state index contributed by atoms with van der Waals surface area (Å²) in [5.41, 5.74) is 4.02. The third-order valence-electron chi connectivity index (χ3n) is 3.87. The fourth-order valence-corrected chi connectivity index (χ4v) is 2.84. The highest BCUT2D eigenvalue weighted by molar-refractivity contribution is 5.68. The molecule has 0 radical (unpaired) electrons. The first-order valence-electron chi connectivity index (χ1n) is 6.89. The lowest BCUT2D eigenvalue weighted by atomic mass is 9.97. The van der Waals surface area contributed by atoms with Gasteiger partial charge in [0, 0.05) is 12.7 Å². The maximum absolute atomic E-state index is 2.41. The first kappa shape index (κ1) is 12.0. The maximum atomic E-state index is 2.41. The minimum absolute atomic E-state index is 0.451. The second kappa shape index (κ2) is 5.31. The van der Waals surface area contributed by atoms with E-state index in [1.54, 1.807) is 0 Å². The van der Waals surface area contributed by atoms with Gasteiger partial charge in [-0.15, -0.1) is 0 Å². The van der Waals surface area contributed by atoms with Crippen molar-refractivity contribution >= 4 is 11.8 Å². The van der Waals surface area contributed by atoms with E-state index in [9.17, 15) is 0 Å². The molecule has 0 bridgehead atoms. The number of rotatable bonds is 1. The van der Waals surface area contributed by atoms with E-state index in [-0.39, 0.29) is 0 Å². The van der Waals surface area contributed by atoms with Crippen LogP contribution in [0.2, 0.25) is 0 Å². The van der Waals surface area contributed by atoms with Crippen molar-refractivity contribution in [1.82, 2.24) is 0 Å². The Balaban J connectivity index is 2.03. The Morgan fingerprint density at radius 3 is 2.53 bits per heavy atom. The van der Waals surface area contributed by atoms with E-state index in [0.717, 1.165) is 12.8 Å². The summed E-state index contributed by atoms with van der Waals surface area (Å²) in [4.78, 5) is 2.41. The normalized spacial score (nSPS) is 20.3. The van der Waals surface area contributed by atoms with Crippen molar-refractivity contribution in [1.29, 1.82) is 0 Å². The van der Waals surface area contributed by atoms with Crippen LogP contribution in [0.15, 0.2) is 60.7 Å². The van der Waals surface area contributed by atoms with Gasteiger partial charge in [0.2, 0.25) is 0 Å². The van der Waals surface area contributed by atoms with Gasteiger partial charge >= 0.3 is 0 Å². The van der Waals surface area contributed by atoms with E-state index in [1.165, 1.54) is 16.8 Å². The standard InChI is InChI=1S/C18H19N/c1-19-17(15-9-3-2-4-10-15)13-7-5-11-16-12-6-8-14-18(16)19/h2-6,8-12,14,17H,7,13H2,1H3/b11-5-. The average Bonchev–Trinajstić information content (AvgIpc) is 2.46. The second-order valence-electron chi connectivity index (χ2n) is 5.08. The summed E-state index contributed by atoms with van der Waals surface area (Å²) in [6.45, 7) is 0. The minimum atomic E-state index is 0.451. The summed E-state index contributed by atoms with van der Waals surface area (Å²) in [6, 6.07) is 19.9. The summed E-state index contributed by atoms with van der Waals surface area (Å²) in [5.74, 6) is 0. The molecule has 2 aromatic rings. The zero-order valence-electron chi connectivity index (χ0n) is 11.3. The lowest BCUT2D eigenvalue weighted by Crippen LogP contribution is -2.25. The lowest BCUT2D eigenvalue weighted by Gasteiger charge is -2.32. The van der Waals surface area contributed by atoms with Crippen LogP contribution in [0.5, 0.6) is 0 Å². The van der Waals surface area contributed by atoms with E-state index in [4.69, 9.17) is 0 Å². The average molecular weight is 249 g/mol. The molecule has 3 rings (SSSR count). The van der Waals surface area contributed by atoms with Crippen LogP contribution in [-0.2, 0) is 0 Å². The first-order valence-corrected chi connectivity index (χ1v) is 6.89. The summed E-state index contributed by atoms with van der Waals surface area (Å²) in [6.07, 6.45) is 6.82. The molecule has 19 heavy (non-hydrogen) atoms. The largest absolute Gasteiger partial charge is 0.367 e. The van der Waals surface area contributed by atoms with Crippen molar-refractivity contribution < 1.29 is 0 Å². The van der Waals surface area contributed by atoms with Gasteiger partial charge in [0.25, 0.3) is 0 Å². The second-order valence-corrected chi connectivity index (χ2v) is 5.08. The van der Waals surface area contributed by atoms with Crippen LogP contribution in [0.3, 0.4) is 0 Å².